The summed E-state index contributed by atoms with van der Waals surface area (Å²) in [6, 6.07) is -0.00264. The number of halogens is 2. The quantitative estimate of drug-likeness (QED) is 0.824. The van der Waals surface area contributed by atoms with Gasteiger partial charge in [0.05, 0.1) is 30.4 Å². The van der Waals surface area contributed by atoms with Crippen LogP contribution >= 0.6 is 0 Å². The largest absolute Gasteiger partial charge is 0.392 e. The summed E-state index contributed by atoms with van der Waals surface area (Å²) in [5, 5.41) is 11.1. The van der Waals surface area contributed by atoms with Crippen molar-refractivity contribution in [2.24, 2.45) is 11.3 Å². The number of aromatic nitrogens is 2. The van der Waals surface area contributed by atoms with Gasteiger partial charge in [-0.15, -0.1) is 0 Å². The van der Waals surface area contributed by atoms with Crippen molar-refractivity contribution in [3.05, 3.63) is 35.9 Å². The van der Waals surface area contributed by atoms with Crippen LogP contribution < -0.4 is 0 Å². The van der Waals surface area contributed by atoms with Gasteiger partial charge in [-0.05, 0) is 49.7 Å². The van der Waals surface area contributed by atoms with E-state index in [4.69, 9.17) is 0 Å². The van der Waals surface area contributed by atoms with Gasteiger partial charge < -0.3 is 9.67 Å². The summed E-state index contributed by atoms with van der Waals surface area (Å²) in [6.45, 7) is 4.08. The van der Waals surface area contributed by atoms with E-state index in [1.165, 1.54) is 0 Å². The molecule has 28 heavy (non-hydrogen) atoms. The molecule has 1 aliphatic carbocycles. The SMILES string of the molecule is C/C=C\C1=C(C)c2cncn2C1C1CC2(CCN(S(=O)(=O)C(F)F)CC2)C1O. The highest BCUT2D eigenvalue weighted by atomic mass is 32.2. The van der Waals surface area contributed by atoms with Gasteiger partial charge in [-0.25, -0.2) is 13.4 Å². The van der Waals surface area contributed by atoms with Gasteiger partial charge in [0.25, 0.3) is 10.0 Å². The first-order chi connectivity index (χ1) is 13.2. The maximum atomic E-state index is 12.8. The number of alkyl halides is 2. The van der Waals surface area contributed by atoms with Gasteiger partial charge in [0.1, 0.15) is 0 Å². The summed E-state index contributed by atoms with van der Waals surface area (Å²) in [5.74, 6) is -3.40. The van der Waals surface area contributed by atoms with Crippen LogP contribution in [-0.4, -0.2) is 52.3 Å². The zero-order valence-corrected chi connectivity index (χ0v) is 16.7. The van der Waals surface area contributed by atoms with E-state index < -0.39 is 27.3 Å². The van der Waals surface area contributed by atoms with Crippen molar-refractivity contribution in [1.29, 1.82) is 0 Å². The van der Waals surface area contributed by atoms with Crippen LogP contribution in [0.2, 0.25) is 0 Å². The third kappa shape index (κ3) is 2.70. The molecule has 3 heterocycles. The lowest BCUT2D eigenvalue weighted by molar-refractivity contribution is -0.153. The monoisotopic (exact) mass is 413 g/mol. The standard InChI is InChI=1S/C19H25F2N3O3S/c1-3-4-13-12(2)15-10-22-11-24(15)16(13)14-9-19(17(14)25)5-7-23(8-6-19)28(26,27)18(20)21/h3-4,10-11,14,16-18,25H,5-9H2,1-2H3/b4-3-. The normalized spacial score (nSPS) is 30.4. The number of imidazole rings is 1. The Labute approximate surface area is 163 Å². The smallest absolute Gasteiger partial charge is 0.350 e. The second-order valence-electron chi connectivity index (χ2n) is 8.09. The third-order valence-corrected chi connectivity index (χ3v) is 8.37. The Morgan fingerprint density at radius 2 is 2.04 bits per heavy atom. The Morgan fingerprint density at radius 3 is 2.61 bits per heavy atom. The lowest BCUT2D eigenvalue weighted by Crippen LogP contribution is -2.60. The second-order valence-corrected chi connectivity index (χ2v) is 9.99. The van der Waals surface area contributed by atoms with Crippen molar-refractivity contribution in [2.75, 3.05) is 13.1 Å². The van der Waals surface area contributed by atoms with Gasteiger partial charge in [0, 0.05) is 19.0 Å². The number of piperidine rings is 1. The minimum Gasteiger partial charge on any atom is -0.392 e. The van der Waals surface area contributed by atoms with E-state index >= 15 is 0 Å². The summed E-state index contributed by atoms with van der Waals surface area (Å²) < 4.78 is 52.0. The average Bonchev–Trinajstić information content (AvgIpc) is 3.24. The van der Waals surface area contributed by atoms with Gasteiger partial charge in [0.2, 0.25) is 0 Å². The lowest BCUT2D eigenvalue weighted by Gasteiger charge is -2.57. The van der Waals surface area contributed by atoms with Gasteiger partial charge in [-0.3, -0.25) is 0 Å². The number of rotatable bonds is 4. The number of aliphatic hydroxyl groups is 1. The molecule has 0 radical (unpaired) electrons. The summed E-state index contributed by atoms with van der Waals surface area (Å²) in [6.07, 6.45) is 8.62. The first kappa shape index (κ1) is 19.7. The molecular formula is C19H25F2N3O3S. The molecule has 1 saturated heterocycles. The number of allylic oxidation sites excluding steroid dienone is 4. The molecule has 3 unspecified atom stereocenters. The van der Waals surface area contributed by atoms with Gasteiger partial charge >= 0.3 is 5.76 Å². The molecule has 3 atom stereocenters. The van der Waals surface area contributed by atoms with Crippen LogP contribution in [0.1, 0.15) is 44.8 Å². The maximum absolute atomic E-state index is 12.8. The molecule has 154 valence electrons. The van der Waals surface area contributed by atoms with E-state index in [1.807, 2.05) is 19.2 Å². The summed E-state index contributed by atoms with van der Waals surface area (Å²) >= 11 is 0. The van der Waals surface area contributed by atoms with Crippen LogP contribution in [0, 0.1) is 11.3 Å². The number of hydrogen-bond donors (Lipinski definition) is 1. The van der Waals surface area contributed by atoms with Crippen LogP contribution in [0.15, 0.2) is 30.2 Å². The predicted molar refractivity (Wildman–Crippen MR) is 101 cm³/mol. The minimum absolute atomic E-state index is 0.00264. The molecule has 9 heteroatoms. The zero-order valence-electron chi connectivity index (χ0n) is 15.9. The van der Waals surface area contributed by atoms with E-state index in [0.29, 0.717) is 12.8 Å². The molecule has 2 aliphatic heterocycles. The van der Waals surface area contributed by atoms with E-state index in [-0.39, 0.29) is 25.0 Å². The third-order valence-electron chi connectivity index (χ3n) is 6.83. The average molecular weight is 413 g/mol. The first-order valence-corrected chi connectivity index (χ1v) is 11.0. The van der Waals surface area contributed by atoms with Gasteiger partial charge in [-0.2, -0.15) is 13.1 Å². The number of aliphatic hydroxyl groups excluding tert-OH is 1. The molecule has 2 fully saturated rings. The number of sulfonamides is 1. The topological polar surface area (TPSA) is 75.4 Å². The Bertz CT molecular complexity index is 930. The molecule has 1 N–H and O–H groups in total. The highest BCUT2D eigenvalue weighted by Gasteiger charge is 2.58. The fourth-order valence-corrected chi connectivity index (χ4v) is 6.17. The first-order valence-electron chi connectivity index (χ1n) is 9.54. The number of hydrogen-bond acceptors (Lipinski definition) is 4. The Hall–Kier alpha value is -1.58. The highest BCUT2D eigenvalue weighted by Crippen LogP contribution is 2.59. The number of fused-ring (bicyclic) bond motifs is 1. The molecule has 0 bridgehead atoms. The van der Waals surface area contributed by atoms with E-state index in [9.17, 15) is 22.3 Å². The van der Waals surface area contributed by atoms with Crippen molar-refractivity contribution in [1.82, 2.24) is 13.9 Å². The predicted octanol–water partition coefficient (Wildman–Crippen LogP) is 2.80. The molecular weight excluding hydrogens is 388 g/mol. The molecule has 0 amide bonds. The van der Waals surface area contributed by atoms with Crippen molar-refractivity contribution in [3.8, 4) is 0 Å². The van der Waals surface area contributed by atoms with E-state index in [2.05, 4.69) is 22.6 Å². The molecule has 4 rings (SSSR count). The van der Waals surface area contributed by atoms with Crippen molar-refractivity contribution >= 4 is 15.6 Å². The van der Waals surface area contributed by atoms with Crippen LogP contribution in [0.5, 0.6) is 0 Å². The fourth-order valence-electron chi connectivity index (χ4n) is 5.25. The molecule has 3 aliphatic rings. The molecule has 6 nitrogen and oxygen atoms in total. The van der Waals surface area contributed by atoms with Crippen LogP contribution in [0.3, 0.4) is 0 Å². The molecule has 1 saturated carbocycles. The summed E-state index contributed by atoms with van der Waals surface area (Å²) in [5.41, 5.74) is 2.96. The molecule has 1 spiro atoms. The van der Waals surface area contributed by atoms with Crippen LogP contribution in [0.4, 0.5) is 8.78 Å². The Kier molecular flexibility index (Phi) is 4.75. The van der Waals surface area contributed by atoms with Crippen LogP contribution in [0.25, 0.3) is 5.57 Å². The van der Waals surface area contributed by atoms with Crippen LogP contribution in [-0.2, 0) is 10.0 Å². The number of nitrogens with zero attached hydrogens (tertiary/aromatic N) is 3. The van der Waals surface area contributed by atoms with E-state index in [0.717, 1.165) is 27.6 Å². The molecule has 1 aromatic heterocycles. The van der Waals surface area contributed by atoms with E-state index in [1.54, 1.807) is 6.33 Å². The summed E-state index contributed by atoms with van der Waals surface area (Å²) in [4.78, 5) is 4.24. The Balaban J connectivity index is 1.52. The van der Waals surface area contributed by atoms with Gasteiger partial charge in [-0.1, -0.05) is 12.2 Å². The Morgan fingerprint density at radius 1 is 1.36 bits per heavy atom. The molecule has 0 aromatic carbocycles. The van der Waals surface area contributed by atoms with Gasteiger partial charge in [0.15, 0.2) is 0 Å². The zero-order chi connectivity index (χ0) is 20.3. The highest BCUT2D eigenvalue weighted by molar-refractivity contribution is 7.89. The minimum atomic E-state index is -4.55. The molecule has 1 aromatic rings. The lowest BCUT2D eigenvalue weighted by atomic mass is 9.53. The maximum Gasteiger partial charge on any atom is 0.350 e. The summed E-state index contributed by atoms with van der Waals surface area (Å²) in [7, 11) is -4.55. The van der Waals surface area contributed by atoms with Crippen molar-refractivity contribution < 1.29 is 22.3 Å². The fraction of sp³-hybridized carbons (Fsp3) is 0.632. The van der Waals surface area contributed by atoms with Crippen molar-refractivity contribution in [2.45, 2.75) is 51.0 Å². The second kappa shape index (κ2) is 6.74. The van der Waals surface area contributed by atoms with Crippen molar-refractivity contribution in [3.63, 3.8) is 0 Å².